The Morgan fingerprint density at radius 2 is 2.05 bits per heavy atom. The van der Waals surface area contributed by atoms with Gasteiger partial charge in [-0.3, -0.25) is 0 Å². The molecule has 20 heavy (non-hydrogen) atoms. The fraction of sp³-hybridized carbons (Fsp3) is 0.438. The molecule has 1 heterocycles. The van der Waals surface area contributed by atoms with Gasteiger partial charge >= 0.3 is 0 Å². The van der Waals surface area contributed by atoms with Crippen LogP contribution >= 0.6 is 11.3 Å². The average molecular weight is 292 g/mol. The number of hydrogen-bond donors (Lipinski definition) is 1. The third kappa shape index (κ3) is 3.64. The van der Waals surface area contributed by atoms with Crippen LogP contribution < -0.4 is 5.32 Å². The van der Waals surface area contributed by atoms with Crippen LogP contribution in [0.25, 0.3) is 10.6 Å². The number of benzene rings is 1. The summed E-state index contributed by atoms with van der Waals surface area (Å²) in [5, 5.41) is 4.40. The summed E-state index contributed by atoms with van der Waals surface area (Å²) in [6.07, 6.45) is 0. The lowest BCUT2D eigenvalue weighted by molar-refractivity contribution is 0.554. The monoisotopic (exact) mass is 292 g/mol. The number of aromatic nitrogens is 1. The van der Waals surface area contributed by atoms with Gasteiger partial charge in [0.25, 0.3) is 0 Å². The molecule has 2 rings (SSSR count). The Morgan fingerprint density at radius 3 is 2.70 bits per heavy atom. The summed E-state index contributed by atoms with van der Waals surface area (Å²) in [6, 6.07) is 5.17. The summed E-state index contributed by atoms with van der Waals surface area (Å²) in [7, 11) is 0. The Kier molecular flexibility index (Phi) is 4.89. The minimum atomic E-state index is -0.166. The molecule has 4 heteroatoms. The van der Waals surface area contributed by atoms with Crippen LogP contribution in [0.1, 0.15) is 30.0 Å². The molecule has 2 nitrogen and oxygen atoms in total. The summed E-state index contributed by atoms with van der Waals surface area (Å²) in [6.45, 7) is 10.1. The van der Waals surface area contributed by atoms with E-state index in [1.165, 1.54) is 10.9 Å². The zero-order valence-electron chi connectivity index (χ0n) is 12.5. The smallest absolute Gasteiger partial charge is 0.126 e. The van der Waals surface area contributed by atoms with Crippen molar-refractivity contribution in [2.75, 3.05) is 6.54 Å². The van der Waals surface area contributed by atoms with Crippen LogP contribution in [0.5, 0.6) is 0 Å². The van der Waals surface area contributed by atoms with Gasteiger partial charge in [-0.1, -0.05) is 13.8 Å². The SMILES string of the molecule is Cc1cc(-c2nc(C)c(CNCC(C)C)s2)ccc1F. The lowest BCUT2D eigenvalue weighted by Crippen LogP contribution is -2.18. The van der Waals surface area contributed by atoms with Gasteiger partial charge in [0.15, 0.2) is 0 Å². The van der Waals surface area contributed by atoms with Gasteiger partial charge in [0.1, 0.15) is 10.8 Å². The normalized spacial score (nSPS) is 11.3. The highest BCUT2D eigenvalue weighted by atomic mass is 32.1. The van der Waals surface area contributed by atoms with Crippen molar-refractivity contribution >= 4 is 11.3 Å². The number of aryl methyl sites for hydroxylation is 2. The van der Waals surface area contributed by atoms with E-state index in [1.54, 1.807) is 24.3 Å². The maximum absolute atomic E-state index is 13.3. The first-order valence-corrected chi connectivity index (χ1v) is 7.72. The molecular formula is C16H21FN2S. The zero-order valence-corrected chi connectivity index (χ0v) is 13.3. The van der Waals surface area contributed by atoms with Gasteiger partial charge in [-0.05, 0) is 50.1 Å². The highest BCUT2D eigenvalue weighted by Crippen LogP contribution is 2.29. The molecular weight excluding hydrogens is 271 g/mol. The molecule has 0 saturated carbocycles. The predicted molar refractivity (Wildman–Crippen MR) is 83.5 cm³/mol. The van der Waals surface area contributed by atoms with E-state index in [-0.39, 0.29) is 5.82 Å². The van der Waals surface area contributed by atoms with E-state index in [4.69, 9.17) is 0 Å². The first-order valence-electron chi connectivity index (χ1n) is 6.91. The van der Waals surface area contributed by atoms with Crippen LogP contribution in [0, 0.1) is 25.6 Å². The van der Waals surface area contributed by atoms with Crippen molar-refractivity contribution < 1.29 is 4.39 Å². The van der Waals surface area contributed by atoms with E-state index < -0.39 is 0 Å². The topological polar surface area (TPSA) is 24.9 Å². The summed E-state index contributed by atoms with van der Waals surface area (Å²) in [5.41, 5.74) is 2.71. The molecule has 0 saturated heterocycles. The minimum Gasteiger partial charge on any atom is -0.312 e. The molecule has 0 radical (unpaired) electrons. The van der Waals surface area contributed by atoms with Gasteiger partial charge in [-0.15, -0.1) is 11.3 Å². The minimum absolute atomic E-state index is 0.166. The van der Waals surface area contributed by atoms with Crippen molar-refractivity contribution in [3.63, 3.8) is 0 Å². The molecule has 0 atom stereocenters. The second kappa shape index (κ2) is 6.46. The standard InChI is InChI=1S/C16H21FN2S/c1-10(2)8-18-9-15-12(4)19-16(20-15)13-5-6-14(17)11(3)7-13/h5-7,10,18H,8-9H2,1-4H3. The number of thiazole rings is 1. The lowest BCUT2D eigenvalue weighted by atomic mass is 10.1. The molecule has 2 aromatic rings. The van der Waals surface area contributed by atoms with Gasteiger partial charge < -0.3 is 5.32 Å². The molecule has 0 spiro atoms. The van der Waals surface area contributed by atoms with Crippen LogP contribution in [0.3, 0.4) is 0 Å². The molecule has 1 aromatic heterocycles. The van der Waals surface area contributed by atoms with Crippen molar-refractivity contribution in [2.24, 2.45) is 5.92 Å². The Bertz CT molecular complexity index is 590. The fourth-order valence-corrected chi connectivity index (χ4v) is 3.00. The maximum Gasteiger partial charge on any atom is 0.126 e. The highest BCUT2D eigenvalue weighted by molar-refractivity contribution is 7.15. The molecule has 0 bridgehead atoms. The van der Waals surface area contributed by atoms with Crippen LogP contribution in [-0.4, -0.2) is 11.5 Å². The average Bonchev–Trinajstić information content (AvgIpc) is 2.74. The largest absolute Gasteiger partial charge is 0.312 e. The summed E-state index contributed by atoms with van der Waals surface area (Å²) >= 11 is 1.68. The van der Waals surface area contributed by atoms with E-state index in [1.807, 2.05) is 13.0 Å². The second-order valence-electron chi connectivity index (χ2n) is 5.52. The molecule has 1 aromatic carbocycles. The molecule has 0 aliphatic heterocycles. The summed E-state index contributed by atoms with van der Waals surface area (Å²) in [5.74, 6) is 0.475. The Labute approximate surface area is 124 Å². The maximum atomic E-state index is 13.3. The van der Waals surface area contributed by atoms with Gasteiger partial charge in [-0.2, -0.15) is 0 Å². The van der Waals surface area contributed by atoms with Crippen LogP contribution in [0.4, 0.5) is 4.39 Å². The zero-order chi connectivity index (χ0) is 14.7. The van der Waals surface area contributed by atoms with Gasteiger partial charge in [0.2, 0.25) is 0 Å². The number of rotatable bonds is 5. The van der Waals surface area contributed by atoms with Crippen molar-refractivity contribution in [3.05, 3.63) is 40.2 Å². The van der Waals surface area contributed by atoms with Crippen LogP contribution in [-0.2, 0) is 6.54 Å². The summed E-state index contributed by atoms with van der Waals surface area (Å²) in [4.78, 5) is 5.86. The van der Waals surface area contributed by atoms with Crippen molar-refractivity contribution in [1.82, 2.24) is 10.3 Å². The second-order valence-corrected chi connectivity index (χ2v) is 6.60. The first kappa shape index (κ1) is 15.1. The molecule has 0 unspecified atom stereocenters. The van der Waals surface area contributed by atoms with Crippen LogP contribution in [0.15, 0.2) is 18.2 Å². The quantitative estimate of drug-likeness (QED) is 0.888. The van der Waals surface area contributed by atoms with E-state index >= 15 is 0 Å². The number of halogens is 1. The number of nitrogens with one attached hydrogen (secondary N) is 1. The van der Waals surface area contributed by atoms with Crippen LogP contribution in [0.2, 0.25) is 0 Å². The van der Waals surface area contributed by atoms with E-state index in [0.717, 1.165) is 29.4 Å². The van der Waals surface area contributed by atoms with Crippen molar-refractivity contribution in [3.8, 4) is 10.6 Å². The third-order valence-corrected chi connectivity index (χ3v) is 4.34. The molecule has 0 aliphatic rings. The highest BCUT2D eigenvalue weighted by Gasteiger charge is 2.10. The molecule has 108 valence electrons. The predicted octanol–water partition coefficient (Wildman–Crippen LogP) is 4.31. The molecule has 1 N–H and O–H groups in total. The molecule has 0 fully saturated rings. The lowest BCUT2D eigenvalue weighted by Gasteiger charge is -2.05. The van der Waals surface area contributed by atoms with E-state index in [0.29, 0.717) is 11.5 Å². The number of nitrogens with zero attached hydrogens (tertiary/aromatic N) is 1. The fourth-order valence-electron chi connectivity index (χ4n) is 1.97. The Hall–Kier alpha value is -1.26. The van der Waals surface area contributed by atoms with E-state index in [9.17, 15) is 4.39 Å². The van der Waals surface area contributed by atoms with Gasteiger partial charge in [0.05, 0.1) is 5.69 Å². The van der Waals surface area contributed by atoms with Gasteiger partial charge in [-0.25, -0.2) is 9.37 Å². The third-order valence-electron chi connectivity index (χ3n) is 3.14. The Balaban J connectivity index is 2.15. The molecule has 0 aliphatic carbocycles. The van der Waals surface area contributed by atoms with Crippen molar-refractivity contribution in [2.45, 2.75) is 34.2 Å². The Morgan fingerprint density at radius 1 is 1.30 bits per heavy atom. The molecule has 0 amide bonds. The number of hydrogen-bond acceptors (Lipinski definition) is 3. The summed E-state index contributed by atoms with van der Waals surface area (Å²) < 4.78 is 13.3. The van der Waals surface area contributed by atoms with Crippen molar-refractivity contribution in [1.29, 1.82) is 0 Å². The first-order chi connectivity index (χ1) is 9.47. The van der Waals surface area contributed by atoms with Gasteiger partial charge in [0, 0.05) is 17.0 Å². The van der Waals surface area contributed by atoms with E-state index in [2.05, 4.69) is 24.1 Å².